The number of nitrogens with zero attached hydrogens (tertiary/aromatic N) is 6. The van der Waals surface area contributed by atoms with Crippen LogP contribution in [0.4, 0.5) is 0 Å². The molecule has 4 rings (SSSR count). The molecular formula is C12H14N8S. The van der Waals surface area contributed by atoms with E-state index < -0.39 is 0 Å². The quantitative estimate of drug-likeness (QED) is 0.513. The van der Waals surface area contributed by atoms with Crippen LogP contribution in [0.3, 0.4) is 0 Å². The smallest absolute Gasteiger partial charge is 0.137 e. The van der Waals surface area contributed by atoms with Gasteiger partial charge in [0.15, 0.2) is 0 Å². The highest BCUT2D eigenvalue weighted by molar-refractivity contribution is 7.07. The normalized spacial score (nSPS) is 8.00. The molecular weight excluding hydrogens is 288 g/mol. The van der Waals surface area contributed by atoms with Crippen LogP contribution in [0, 0.1) is 0 Å². The molecule has 0 bridgehead atoms. The molecule has 0 saturated carbocycles. The third kappa shape index (κ3) is 11.9. The maximum atomic E-state index is 3.78. The van der Waals surface area contributed by atoms with Crippen molar-refractivity contribution in [3.05, 3.63) is 73.0 Å². The fourth-order valence-electron chi connectivity index (χ4n) is 0.831. The summed E-state index contributed by atoms with van der Waals surface area (Å²) in [5, 5.41) is 13.0. The minimum Gasteiger partial charge on any atom is -0.351 e. The Morgan fingerprint density at radius 1 is 0.762 bits per heavy atom. The van der Waals surface area contributed by atoms with Gasteiger partial charge < -0.3 is 4.98 Å². The van der Waals surface area contributed by atoms with Gasteiger partial charge in [0.2, 0.25) is 0 Å². The lowest BCUT2D eigenvalue weighted by molar-refractivity contribution is 1.09. The molecule has 108 valence electrons. The van der Waals surface area contributed by atoms with Crippen LogP contribution in [0.5, 0.6) is 0 Å². The molecule has 2 N–H and O–H groups in total. The lowest BCUT2D eigenvalue weighted by atomic mass is 10.5. The molecule has 0 saturated heterocycles. The molecule has 0 amide bonds. The van der Waals surface area contributed by atoms with E-state index in [1.165, 1.54) is 24.0 Å². The second-order valence-corrected chi connectivity index (χ2v) is 3.71. The second-order valence-electron chi connectivity index (χ2n) is 3.01. The van der Waals surface area contributed by atoms with Crippen LogP contribution in [0.15, 0.2) is 73.0 Å². The van der Waals surface area contributed by atoms with Gasteiger partial charge in [-0.3, -0.25) is 10.1 Å². The highest BCUT2D eigenvalue weighted by atomic mass is 32.1. The van der Waals surface area contributed by atoms with E-state index in [1.54, 1.807) is 42.1 Å². The van der Waals surface area contributed by atoms with Crippen LogP contribution < -0.4 is 0 Å². The molecule has 9 heteroatoms. The Balaban J connectivity index is 0.000000140. The second kappa shape index (κ2) is 13.5. The van der Waals surface area contributed by atoms with Crippen LogP contribution in [0.2, 0.25) is 0 Å². The SMILES string of the molecule is c1c[nH]cn1.c1ccncc1.c1nc[nH]n1.c1nncs1. The Bertz CT molecular complexity index is 424. The highest BCUT2D eigenvalue weighted by Crippen LogP contribution is 1.80. The van der Waals surface area contributed by atoms with Gasteiger partial charge in [-0.15, -0.1) is 21.5 Å². The molecule has 4 aromatic rings. The molecule has 0 radical (unpaired) electrons. The van der Waals surface area contributed by atoms with Gasteiger partial charge in [-0.1, -0.05) is 6.07 Å². The fraction of sp³-hybridized carbons (Fsp3) is 0. The number of nitrogens with one attached hydrogen (secondary N) is 2. The van der Waals surface area contributed by atoms with Gasteiger partial charge in [0, 0.05) is 24.8 Å². The number of rotatable bonds is 0. The number of imidazole rings is 1. The van der Waals surface area contributed by atoms with Crippen molar-refractivity contribution in [1.82, 2.24) is 40.3 Å². The van der Waals surface area contributed by atoms with Crippen molar-refractivity contribution < 1.29 is 0 Å². The van der Waals surface area contributed by atoms with Gasteiger partial charge in [0.1, 0.15) is 23.7 Å². The molecule has 0 aliphatic heterocycles. The number of hydrogen-bond donors (Lipinski definition) is 2. The van der Waals surface area contributed by atoms with E-state index in [4.69, 9.17) is 0 Å². The maximum absolute atomic E-state index is 3.78. The first-order valence-electron chi connectivity index (χ1n) is 5.75. The summed E-state index contributed by atoms with van der Waals surface area (Å²) in [4.78, 5) is 13.8. The Kier molecular flexibility index (Phi) is 10.4. The average Bonchev–Trinajstić information content (AvgIpc) is 3.38. The van der Waals surface area contributed by atoms with Gasteiger partial charge in [0.05, 0.1) is 6.33 Å². The molecule has 4 aromatic heterocycles. The minimum absolute atomic E-state index is 1.44. The van der Waals surface area contributed by atoms with Gasteiger partial charge in [-0.2, -0.15) is 5.10 Å². The number of hydrogen-bond acceptors (Lipinski definition) is 7. The lowest BCUT2D eigenvalue weighted by Crippen LogP contribution is -1.58. The Labute approximate surface area is 125 Å². The Morgan fingerprint density at radius 2 is 1.57 bits per heavy atom. The molecule has 0 unspecified atom stereocenters. The van der Waals surface area contributed by atoms with E-state index in [-0.39, 0.29) is 0 Å². The summed E-state index contributed by atoms with van der Waals surface area (Å²) < 4.78 is 0. The van der Waals surface area contributed by atoms with Crippen molar-refractivity contribution in [1.29, 1.82) is 0 Å². The summed E-state index contributed by atoms with van der Waals surface area (Å²) in [6, 6.07) is 5.72. The number of pyridine rings is 1. The van der Waals surface area contributed by atoms with Crippen LogP contribution in [-0.4, -0.2) is 40.3 Å². The Hall–Kier alpha value is -2.94. The van der Waals surface area contributed by atoms with Crippen LogP contribution >= 0.6 is 11.3 Å². The zero-order valence-corrected chi connectivity index (χ0v) is 11.8. The molecule has 0 atom stereocenters. The fourth-order valence-corrected chi connectivity index (χ4v) is 1.10. The van der Waals surface area contributed by atoms with Crippen molar-refractivity contribution in [2.75, 3.05) is 0 Å². The summed E-state index contributed by atoms with van der Waals surface area (Å²) in [5.41, 5.74) is 3.36. The first-order valence-corrected chi connectivity index (χ1v) is 6.69. The summed E-state index contributed by atoms with van der Waals surface area (Å²) in [6.07, 6.45) is 11.5. The van der Waals surface area contributed by atoms with E-state index in [1.807, 2.05) is 18.2 Å². The molecule has 0 aliphatic rings. The van der Waals surface area contributed by atoms with E-state index >= 15 is 0 Å². The van der Waals surface area contributed by atoms with Crippen molar-refractivity contribution >= 4 is 11.3 Å². The summed E-state index contributed by atoms with van der Waals surface area (Å²) in [6.45, 7) is 0. The lowest BCUT2D eigenvalue weighted by Gasteiger charge is -1.70. The maximum Gasteiger partial charge on any atom is 0.137 e. The third-order valence-corrected chi connectivity index (χ3v) is 2.02. The summed E-state index contributed by atoms with van der Waals surface area (Å²) >= 11 is 1.49. The monoisotopic (exact) mass is 302 g/mol. The minimum atomic E-state index is 1.44. The van der Waals surface area contributed by atoms with Crippen molar-refractivity contribution in [3.63, 3.8) is 0 Å². The average molecular weight is 302 g/mol. The van der Waals surface area contributed by atoms with E-state index in [0.29, 0.717) is 0 Å². The molecule has 0 aliphatic carbocycles. The summed E-state index contributed by atoms with van der Waals surface area (Å²) in [5.74, 6) is 0. The first-order chi connectivity index (χ1) is 10.5. The van der Waals surface area contributed by atoms with Gasteiger partial charge >= 0.3 is 0 Å². The molecule has 4 heterocycles. The Morgan fingerprint density at radius 3 is 1.76 bits per heavy atom. The van der Waals surface area contributed by atoms with Crippen LogP contribution in [-0.2, 0) is 0 Å². The van der Waals surface area contributed by atoms with Crippen molar-refractivity contribution in [2.45, 2.75) is 0 Å². The van der Waals surface area contributed by atoms with E-state index in [0.717, 1.165) is 0 Å². The zero-order valence-electron chi connectivity index (χ0n) is 11.0. The zero-order chi connectivity index (χ0) is 14.8. The topological polar surface area (TPSA) is 109 Å². The van der Waals surface area contributed by atoms with Crippen molar-refractivity contribution in [3.8, 4) is 0 Å². The number of aromatic amines is 2. The van der Waals surface area contributed by atoms with Gasteiger partial charge in [-0.05, 0) is 12.1 Å². The van der Waals surface area contributed by atoms with Gasteiger partial charge in [0.25, 0.3) is 0 Å². The molecule has 8 nitrogen and oxygen atoms in total. The predicted molar refractivity (Wildman–Crippen MR) is 79.1 cm³/mol. The van der Waals surface area contributed by atoms with E-state index in [2.05, 4.69) is 40.3 Å². The largest absolute Gasteiger partial charge is 0.351 e. The highest BCUT2D eigenvalue weighted by Gasteiger charge is 1.61. The first kappa shape index (κ1) is 16.1. The molecule has 21 heavy (non-hydrogen) atoms. The molecule has 0 spiro atoms. The summed E-state index contributed by atoms with van der Waals surface area (Å²) in [7, 11) is 0. The van der Waals surface area contributed by atoms with Crippen LogP contribution in [0.25, 0.3) is 0 Å². The molecule has 0 aromatic carbocycles. The van der Waals surface area contributed by atoms with Crippen LogP contribution in [0.1, 0.15) is 0 Å². The van der Waals surface area contributed by atoms with Crippen molar-refractivity contribution in [2.24, 2.45) is 0 Å². The predicted octanol–water partition coefficient (Wildman–Crippen LogP) is 1.83. The van der Waals surface area contributed by atoms with Gasteiger partial charge in [-0.25, -0.2) is 9.97 Å². The molecule has 0 fully saturated rings. The third-order valence-electron chi connectivity index (χ3n) is 1.59. The standard InChI is InChI=1S/C5H5N.C3H4N2.C2H3N3.C2H2N2S/c1-2-4-6-5-3-1;1-2-5-3-4-1;1-3-2-5-4-1;1-3-4-2-5-1/h1-5H;1-3H,(H,4,5);1-2H,(H,3,4,5);1-2H. The van der Waals surface area contributed by atoms with E-state index in [9.17, 15) is 0 Å². The number of H-pyrrole nitrogens is 2. The number of aromatic nitrogens is 8.